The van der Waals surface area contributed by atoms with E-state index in [-0.39, 0.29) is 34.2 Å². The average Bonchev–Trinajstić information content (AvgIpc) is 3.36. The molecule has 31 heavy (non-hydrogen) atoms. The molecule has 0 bridgehead atoms. The van der Waals surface area contributed by atoms with Crippen molar-refractivity contribution in [1.82, 2.24) is 15.4 Å². The molecule has 1 aliphatic carbocycles. The number of carbonyl (C=O) groups is 2. The summed E-state index contributed by atoms with van der Waals surface area (Å²) in [6.45, 7) is 6.58. The van der Waals surface area contributed by atoms with Crippen LogP contribution in [0.25, 0.3) is 11.3 Å². The Bertz CT molecular complexity index is 1000. The first kappa shape index (κ1) is 21.6. The van der Waals surface area contributed by atoms with Gasteiger partial charge in [0.1, 0.15) is 17.0 Å². The van der Waals surface area contributed by atoms with Gasteiger partial charge in [-0.2, -0.15) is 0 Å². The number of amides is 2. The van der Waals surface area contributed by atoms with Crippen molar-refractivity contribution in [2.24, 2.45) is 11.8 Å². The van der Waals surface area contributed by atoms with Crippen LogP contribution in [-0.2, 0) is 4.74 Å². The summed E-state index contributed by atoms with van der Waals surface area (Å²) >= 11 is 6.14. The molecule has 1 aromatic heterocycles. The van der Waals surface area contributed by atoms with Crippen LogP contribution in [0, 0.1) is 17.7 Å². The van der Waals surface area contributed by atoms with Crippen LogP contribution in [-0.4, -0.2) is 46.8 Å². The number of carbonyl (C=O) groups excluding carboxylic acids is 2. The third-order valence-corrected chi connectivity index (χ3v) is 6.14. The monoisotopic (exact) mass is 449 g/mol. The zero-order valence-corrected chi connectivity index (χ0v) is 18.4. The summed E-state index contributed by atoms with van der Waals surface area (Å²) in [5.74, 6) is -0.00891. The fraction of sp³-hybridized carbons (Fsp3) is 0.500. The quantitative estimate of drug-likeness (QED) is 0.745. The minimum atomic E-state index is -0.563. The molecule has 2 fully saturated rings. The number of halogens is 2. The number of aromatic nitrogens is 1. The van der Waals surface area contributed by atoms with Crippen molar-refractivity contribution >= 4 is 23.6 Å². The van der Waals surface area contributed by atoms with Gasteiger partial charge in [-0.3, -0.25) is 4.79 Å². The van der Waals surface area contributed by atoms with E-state index in [1.54, 1.807) is 4.90 Å². The van der Waals surface area contributed by atoms with Crippen LogP contribution in [0.15, 0.2) is 28.9 Å². The molecule has 2 heterocycles. The van der Waals surface area contributed by atoms with Gasteiger partial charge in [-0.05, 0) is 57.7 Å². The van der Waals surface area contributed by atoms with Crippen molar-refractivity contribution in [3.8, 4) is 11.3 Å². The van der Waals surface area contributed by atoms with Gasteiger partial charge in [0.05, 0.1) is 11.2 Å². The number of hydrogen-bond acceptors (Lipinski definition) is 5. The number of fused-ring (bicyclic) bond motifs is 1. The van der Waals surface area contributed by atoms with E-state index >= 15 is 0 Å². The smallest absolute Gasteiger partial charge is 0.407 e. The second-order valence-corrected chi connectivity index (χ2v) is 9.56. The van der Waals surface area contributed by atoms with Gasteiger partial charge in [0.2, 0.25) is 0 Å². The normalized spacial score (nSPS) is 23.0. The van der Waals surface area contributed by atoms with Crippen LogP contribution in [0.1, 0.15) is 44.0 Å². The van der Waals surface area contributed by atoms with Crippen molar-refractivity contribution in [1.29, 1.82) is 0 Å². The van der Waals surface area contributed by atoms with Crippen molar-refractivity contribution in [3.05, 3.63) is 40.8 Å². The molecule has 2 aliphatic rings. The van der Waals surface area contributed by atoms with E-state index in [1.165, 1.54) is 24.4 Å². The van der Waals surface area contributed by atoms with E-state index in [0.717, 1.165) is 12.8 Å². The molecule has 0 spiro atoms. The Hall–Kier alpha value is -2.61. The number of hydrogen-bond donors (Lipinski definition) is 1. The molecule has 0 radical (unpaired) electrons. The Balaban J connectivity index is 1.46. The number of nitrogens with one attached hydrogen (secondary N) is 1. The molecule has 9 heteroatoms. The minimum Gasteiger partial charge on any atom is -0.444 e. The highest BCUT2D eigenvalue weighted by Crippen LogP contribution is 2.40. The lowest BCUT2D eigenvalue weighted by molar-refractivity contribution is 0.0491. The van der Waals surface area contributed by atoms with Gasteiger partial charge in [0, 0.05) is 30.6 Å². The second-order valence-electron chi connectivity index (χ2n) is 9.16. The topological polar surface area (TPSA) is 84.7 Å². The summed E-state index contributed by atoms with van der Waals surface area (Å²) < 4.78 is 24.1. The first-order chi connectivity index (χ1) is 14.6. The third kappa shape index (κ3) is 4.54. The summed E-state index contributed by atoms with van der Waals surface area (Å²) in [5.41, 5.74) is 0.129. The lowest BCUT2D eigenvalue weighted by atomic mass is 9.98. The zero-order valence-electron chi connectivity index (χ0n) is 17.7. The molecule has 1 aliphatic heterocycles. The SMILES string of the molecule is CC(C)(C)OC(=O)N[C@@H]1CC[C@@H]2CN(C(=O)c3cnoc3-c3ccc(F)cc3Cl)C[C@H]21. The van der Waals surface area contributed by atoms with E-state index in [1.807, 2.05) is 20.8 Å². The summed E-state index contributed by atoms with van der Waals surface area (Å²) in [6, 6.07) is 3.85. The lowest BCUT2D eigenvalue weighted by Crippen LogP contribution is -2.42. The van der Waals surface area contributed by atoms with E-state index in [4.69, 9.17) is 20.9 Å². The standard InChI is InChI=1S/C22H25ClFN3O4/c1-22(2,3)30-21(29)26-18-7-4-12-10-27(11-16(12)18)20(28)15-9-25-31-19(15)14-6-5-13(24)8-17(14)23/h5-6,8-9,12,16,18H,4,7,10-11H2,1-3H3,(H,26,29)/t12-,16-,18-/m1/s1. The van der Waals surface area contributed by atoms with Gasteiger partial charge in [-0.15, -0.1) is 0 Å². The van der Waals surface area contributed by atoms with Gasteiger partial charge in [0.15, 0.2) is 5.76 Å². The molecule has 166 valence electrons. The maximum absolute atomic E-state index is 13.4. The molecular weight excluding hydrogens is 425 g/mol. The molecule has 7 nitrogen and oxygen atoms in total. The Labute approximate surface area is 184 Å². The molecule has 1 saturated heterocycles. The molecule has 1 saturated carbocycles. The summed E-state index contributed by atoms with van der Waals surface area (Å²) in [6.07, 6.45) is 2.72. The number of rotatable bonds is 3. The minimum absolute atomic E-state index is 0.0360. The summed E-state index contributed by atoms with van der Waals surface area (Å²) in [4.78, 5) is 27.2. The number of benzene rings is 1. The predicted molar refractivity (Wildman–Crippen MR) is 112 cm³/mol. The third-order valence-electron chi connectivity index (χ3n) is 5.82. The zero-order chi connectivity index (χ0) is 22.3. The molecular formula is C22H25ClFN3O4. The molecule has 2 aromatic rings. The van der Waals surface area contributed by atoms with Crippen LogP contribution in [0.5, 0.6) is 0 Å². The second kappa shape index (κ2) is 8.15. The van der Waals surface area contributed by atoms with Gasteiger partial charge in [-0.1, -0.05) is 16.8 Å². The van der Waals surface area contributed by atoms with Crippen LogP contribution in [0.2, 0.25) is 5.02 Å². The van der Waals surface area contributed by atoms with Crippen molar-refractivity contribution in [3.63, 3.8) is 0 Å². The maximum atomic E-state index is 13.4. The number of alkyl carbamates (subject to hydrolysis) is 1. The number of ether oxygens (including phenoxy) is 1. The van der Waals surface area contributed by atoms with Crippen LogP contribution in [0.4, 0.5) is 9.18 Å². The average molecular weight is 450 g/mol. The van der Waals surface area contributed by atoms with Crippen molar-refractivity contribution in [2.75, 3.05) is 13.1 Å². The molecule has 2 amide bonds. The Morgan fingerprint density at radius 1 is 1.29 bits per heavy atom. The fourth-order valence-corrected chi connectivity index (χ4v) is 4.75. The highest BCUT2D eigenvalue weighted by Gasteiger charge is 2.45. The molecule has 1 aromatic carbocycles. The largest absolute Gasteiger partial charge is 0.444 e. The summed E-state index contributed by atoms with van der Waals surface area (Å²) in [5, 5.41) is 6.88. The molecule has 3 atom stereocenters. The summed E-state index contributed by atoms with van der Waals surface area (Å²) in [7, 11) is 0. The maximum Gasteiger partial charge on any atom is 0.407 e. The number of likely N-dealkylation sites (tertiary alicyclic amines) is 1. The van der Waals surface area contributed by atoms with Gasteiger partial charge >= 0.3 is 6.09 Å². The lowest BCUT2D eigenvalue weighted by Gasteiger charge is -2.25. The van der Waals surface area contributed by atoms with Gasteiger partial charge in [0.25, 0.3) is 5.91 Å². The molecule has 4 rings (SSSR count). The first-order valence-electron chi connectivity index (χ1n) is 10.3. The van der Waals surface area contributed by atoms with E-state index in [0.29, 0.717) is 24.6 Å². The Morgan fingerprint density at radius 3 is 2.77 bits per heavy atom. The van der Waals surface area contributed by atoms with Crippen LogP contribution in [0.3, 0.4) is 0 Å². The van der Waals surface area contributed by atoms with Crippen LogP contribution >= 0.6 is 11.6 Å². The Kier molecular flexibility index (Phi) is 5.68. The van der Waals surface area contributed by atoms with E-state index in [9.17, 15) is 14.0 Å². The molecule has 1 N–H and O–H groups in total. The van der Waals surface area contributed by atoms with Crippen LogP contribution < -0.4 is 5.32 Å². The first-order valence-corrected chi connectivity index (χ1v) is 10.7. The number of nitrogens with zero attached hydrogens (tertiary/aromatic N) is 2. The van der Waals surface area contributed by atoms with Gasteiger partial charge < -0.3 is 19.5 Å². The van der Waals surface area contributed by atoms with E-state index < -0.39 is 17.5 Å². The highest BCUT2D eigenvalue weighted by atomic mass is 35.5. The Morgan fingerprint density at radius 2 is 2.06 bits per heavy atom. The highest BCUT2D eigenvalue weighted by molar-refractivity contribution is 6.33. The van der Waals surface area contributed by atoms with E-state index in [2.05, 4.69) is 10.5 Å². The predicted octanol–water partition coefficient (Wildman–Crippen LogP) is 4.51. The fourth-order valence-electron chi connectivity index (χ4n) is 4.50. The van der Waals surface area contributed by atoms with Crippen molar-refractivity contribution in [2.45, 2.75) is 45.3 Å². The molecule has 0 unspecified atom stereocenters. The van der Waals surface area contributed by atoms with Gasteiger partial charge in [-0.25, -0.2) is 9.18 Å². The van der Waals surface area contributed by atoms with Crippen molar-refractivity contribution < 1.29 is 23.2 Å².